The molecule has 2 saturated heterocycles. The fourth-order valence-electron chi connectivity index (χ4n) is 2.95. The fourth-order valence-corrected chi connectivity index (χ4v) is 4.46. The summed E-state index contributed by atoms with van der Waals surface area (Å²) in [6.07, 6.45) is 3.34. The zero-order valence-corrected chi connectivity index (χ0v) is 13.2. The number of rotatable bonds is 4. The molecule has 0 aromatic carbocycles. The van der Waals surface area contributed by atoms with E-state index in [1.165, 1.54) is 0 Å². The molecule has 2 amide bonds. The lowest BCUT2D eigenvalue weighted by molar-refractivity contribution is -0.141. The van der Waals surface area contributed by atoms with E-state index in [0.717, 1.165) is 25.7 Å². The van der Waals surface area contributed by atoms with Gasteiger partial charge in [0.25, 0.3) is 0 Å². The topological polar surface area (TPSA) is 81.1 Å². The summed E-state index contributed by atoms with van der Waals surface area (Å²) in [6, 6.07) is -0.864. The Morgan fingerprint density at radius 1 is 1.29 bits per heavy atom. The molecule has 7 heteroatoms. The Balaban J connectivity index is 2.05. The molecule has 2 rings (SSSR count). The number of thioether (sulfide) groups is 1. The molecule has 0 aromatic heterocycles. The molecule has 2 N–H and O–H groups in total. The first kappa shape index (κ1) is 16.4. The predicted molar refractivity (Wildman–Crippen MR) is 81.2 cm³/mol. The summed E-state index contributed by atoms with van der Waals surface area (Å²) >= 11 is 1.57. The van der Waals surface area contributed by atoms with Gasteiger partial charge in [0.05, 0.1) is 5.37 Å². The lowest BCUT2D eigenvalue weighted by Gasteiger charge is -2.37. The Hall–Kier alpha value is -0.950. The molecule has 0 aliphatic carbocycles. The van der Waals surface area contributed by atoms with Gasteiger partial charge in [0.1, 0.15) is 6.04 Å². The molecule has 0 spiro atoms. The second-order valence-corrected chi connectivity index (χ2v) is 6.94. The second-order valence-electron chi connectivity index (χ2n) is 5.73. The van der Waals surface area contributed by atoms with Crippen LogP contribution in [0.2, 0.25) is 0 Å². The average molecular weight is 316 g/mol. The largest absolute Gasteiger partial charge is 0.480 e. The molecule has 2 fully saturated rings. The molecule has 0 aromatic rings. The van der Waals surface area contributed by atoms with E-state index in [4.69, 9.17) is 5.11 Å². The minimum atomic E-state index is -0.917. The van der Waals surface area contributed by atoms with Crippen LogP contribution in [0.15, 0.2) is 0 Å². The zero-order chi connectivity index (χ0) is 15.4. The first-order valence-electron chi connectivity index (χ1n) is 7.61. The molecule has 2 aliphatic rings. The number of carboxylic acid groups (broad SMARTS) is 1. The van der Waals surface area contributed by atoms with Gasteiger partial charge in [-0.05, 0) is 25.2 Å². The highest BCUT2D eigenvalue weighted by atomic mass is 32.2. The molecule has 2 aliphatic heterocycles. The maximum atomic E-state index is 12.7. The third kappa shape index (κ3) is 3.63. The van der Waals surface area contributed by atoms with Crippen molar-refractivity contribution in [2.45, 2.75) is 44.0 Å². The molecule has 0 bridgehead atoms. The van der Waals surface area contributed by atoms with Crippen molar-refractivity contribution in [3.63, 3.8) is 0 Å². The number of likely N-dealkylation sites (tertiary alicyclic amines) is 1. The van der Waals surface area contributed by atoms with Gasteiger partial charge in [-0.25, -0.2) is 9.59 Å². The minimum Gasteiger partial charge on any atom is -0.480 e. The molecule has 0 saturated carbocycles. The number of carbonyl (C=O) groups is 2. The van der Waals surface area contributed by atoms with Crippen LogP contribution in [0, 0.1) is 5.92 Å². The lowest BCUT2D eigenvalue weighted by Crippen LogP contribution is -2.53. The lowest BCUT2D eigenvalue weighted by atomic mass is 9.98. The van der Waals surface area contributed by atoms with E-state index in [9.17, 15) is 14.7 Å². The third-order valence-electron chi connectivity index (χ3n) is 4.28. The maximum absolute atomic E-state index is 12.7. The van der Waals surface area contributed by atoms with E-state index in [0.29, 0.717) is 18.8 Å². The standard InChI is InChI=1S/C14H24N2O4S/c1-2-3-12-16(11(9-21-12)13(18)19)14(20)15-6-4-10(8-17)5-7-15/h10-12,17H,2-9H2,1H3,(H,18,19). The summed E-state index contributed by atoms with van der Waals surface area (Å²) in [7, 11) is 0. The number of carboxylic acids is 1. The normalized spacial score (nSPS) is 27.1. The van der Waals surface area contributed by atoms with Crippen molar-refractivity contribution >= 4 is 23.8 Å². The summed E-state index contributed by atoms with van der Waals surface area (Å²) in [5, 5.41) is 18.5. The predicted octanol–water partition coefficient (Wildman–Crippen LogP) is 1.44. The van der Waals surface area contributed by atoms with Crippen LogP contribution in [0.1, 0.15) is 32.6 Å². The summed E-state index contributed by atoms with van der Waals surface area (Å²) < 4.78 is 0. The molecule has 6 nitrogen and oxygen atoms in total. The molecular formula is C14H24N2O4S. The Kier molecular flexibility index (Phi) is 5.75. The van der Waals surface area contributed by atoms with Crippen LogP contribution in [0.3, 0.4) is 0 Å². The first-order chi connectivity index (χ1) is 10.1. The number of aliphatic hydroxyl groups excluding tert-OH is 1. The number of urea groups is 1. The molecule has 120 valence electrons. The van der Waals surface area contributed by atoms with Crippen molar-refractivity contribution in [2.24, 2.45) is 5.92 Å². The van der Waals surface area contributed by atoms with E-state index < -0.39 is 12.0 Å². The minimum absolute atomic E-state index is 0.0286. The number of aliphatic carboxylic acids is 1. The van der Waals surface area contributed by atoms with Gasteiger partial charge in [-0.3, -0.25) is 4.90 Å². The van der Waals surface area contributed by atoms with E-state index >= 15 is 0 Å². The van der Waals surface area contributed by atoms with E-state index in [2.05, 4.69) is 0 Å². The summed E-state index contributed by atoms with van der Waals surface area (Å²) in [6.45, 7) is 3.43. The van der Waals surface area contributed by atoms with Crippen molar-refractivity contribution in [3.8, 4) is 0 Å². The summed E-state index contributed by atoms with van der Waals surface area (Å²) in [4.78, 5) is 27.4. The quantitative estimate of drug-likeness (QED) is 0.820. The van der Waals surface area contributed by atoms with Crippen molar-refractivity contribution in [3.05, 3.63) is 0 Å². The Morgan fingerprint density at radius 2 is 1.95 bits per heavy atom. The van der Waals surface area contributed by atoms with Gasteiger partial charge in [0, 0.05) is 25.4 Å². The van der Waals surface area contributed by atoms with Crippen LogP contribution < -0.4 is 0 Å². The Labute approximate surface area is 129 Å². The number of carbonyl (C=O) groups excluding carboxylic acids is 1. The van der Waals surface area contributed by atoms with Crippen LogP contribution in [-0.2, 0) is 4.79 Å². The van der Waals surface area contributed by atoms with Crippen molar-refractivity contribution in [2.75, 3.05) is 25.4 Å². The number of nitrogens with zero attached hydrogens (tertiary/aromatic N) is 2. The number of aliphatic hydroxyl groups is 1. The smallest absolute Gasteiger partial charge is 0.327 e. The van der Waals surface area contributed by atoms with Gasteiger partial charge < -0.3 is 15.1 Å². The van der Waals surface area contributed by atoms with Crippen LogP contribution >= 0.6 is 11.8 Å². The van der Waals surface area contributed by atoms with E-state index in [1.807, 2.05) is 6.92 Å². The van der Waals surface area contributed by atoms with E-state index in [1.54, 1.807) is 21.6 Å². The van der Waals surface area contributed by atoms with Crippen molar-refractivity contribution < 1.29 is 19.8 Å². The van der Waals surface area contributed by atoms with Gasteiger partial charge in [0.2, 0.25) is 0 Å². The van der Waals surface area contributed by atoms with Crippen molar-refractivity contribution in [1.82, 2.24) is 9.80 Å². The van der Waals surface area contributed by atoms with Crippen LogP contribution in [0.25, 0.3) is 0 Å². The van der Waals surface area contributed by atoms with Gasteiger partial charge in [0.15, 0.2) is 0 Å². The molecule has 2 heterocycles. The molecule has 2 unspecified atom stereocenters. The molecule has 0 radical (unpaired) electrons. The van der Waals surface area contributed by atoms with Crippen LogP contribution in [0.4, 0.5) is 4.79 Å². The van der Waals surface area contributed by atoms with E-state index in [-0.39, 0.29) is 23.9 Å². The molecule has 2 atom stereocenters. The Bertz CT molecular complexity index is 385. The summed E-state index contributed by atoms with van der Waals surface area (Å²) in [5.74, 6) is -0.179. The number of hydrogen-bond donors (Lipinski definition) is 2. The van der Waals surface area contributed by atoms with Gasteiger partial charge in [-0.1, -0.05) is 13.3 Å². The van der Waals surface area contributed by atoms with Gasteiger partial charge in [-0.2, -0.15) is 0 Å². The number of hydrogen-bond acceptors (Lipinski definition) is 4. The highest BCUT2D eigenvalue weighted by Gasteiger charge is 2.43. The highest BCUT2D eigenvalue weighted by Crippen LogP contribution is 2.33. The van der Waals surface area contributed by atoms with Gasteiger partial charge in [-0.15, -0.1) is 11.8 Å². The molecule has 21 heavy (non-hydrogen) atoms. The Morgan fingerprint density at radius 3 is 2.48 bits per heavy atom. The maximum Gasteiger partial charge on any atom is 0.327 e. The number of amides is 2. The second kappa shape index (κ2) is 7.35. The SMILES string of the molecule is CCCC1SCC(C(=O)O)N1C(=O)N1CCC(CO)CC1. The van der Waals surface area contributed by atoms with Crippen LogP contribution in [-0.4, -0.2) is 68.9 Å². The zero-order valence-electron chi connectivity index (χ0n) is 12.4. The highest BCUT2D eigenvalue weighted by molar-refractivity contribution is 8.00. The summed E-state index contributed by atoms with van der Waals surface area (Å²) in [5.41, 5.74) is 0. The monoisotopic (exact) mass is 316 g/mol. The van der Waals surface area contributed by atoms with Gasteiger partial charge >= 0.3 is 12.0 Å². The average Bonchev–Trinajstić information content (AvgIpc) is 2.91. The number of piperidine rings is 1. The fraction of sp³-hybridized carbons (Fsp3) is 0.857. The van der Waals surface area contributed by atoms with Crippen molar-refractivity contribution in [1.29, 1.82) is 0 Å². The van der Waals surface area contributed by atoms with Crippen LogP contribution in [0.5, 0.6) is 0 Å². The molecular weight excluding hydrogens is 292 g/mol. The third-order valence-corrected chi connectivity index (χ3v) is 5.63. The first-order valence-corrected chi connectivity index (χ1v) is 8.65.